The van der Waals surface area contributed by atoms with E-state index in [2.05, 4.69) is 6.92 Å². The van der Waals surface area contributed by atoms with Crippen LogP contribution in [0.3, 0.4) is 0 Å². The third-order valence-electron chi connectivity index (χ3n) is 3.35. The third-order valence-corrected chi connectivity index (χ3v) is 4.93. The highest BCUT2D eigenvalue weighted by Gasteiger charge is 2.38. The predicted molar refractivity (Wildman–Crippen MR) is 66.2 cm³/mol. The lowest BCUT2D eigenvalue weighted by Crippen LogP contribution is -2.26. The van der Waals surface area contributed by atoms with Gasteiger partial charge in [0.25, 0.3) is 0 Å². The van der Waals surface area contributed by atoms with E-state index >= 15 is 0 Å². The first-order valence-electron chi connectivity index (χ1n) is 5.61. The highest BCUT2D eigenvalue weighted by atomic mass is 32.2. The van der Waals surface area contributed by atoms with Crippen molar-refractivity contribution in [3.8, 4) is 0 Å². The van der Waals surface area contributed by atoms with Gasteiger partial charge in [-0.05, 0) is 55.7 Å². The van der Waals surface area contributed by atoms with E-state index in [9.17, 15) is 9.50 Å². The second kappa shape index (κ2) is 4.38. The summed E-state index contributed by atoms with van der Waals surface area (Å²) in [4.78, 5) is 0. The molecule has 88 valence electrons. The molecule has 1 aliphatic heterocycles. The van der Waals surface area contributed by atoms with Crippen LogP contribution < -0.4 is 0 Å². The molecule has 0 aliphatic carbocycles. The zero-order chi connectivity index (χ0) is 11.8. The number of benzene rings is 1. The number of aryl methyl sites for hydroxylation is 1. The summed E-state index contributed by atoms with van der Waals surface area (Å²) < 4.78 is 12.9. The maximum atomic E-state index is 13.0. The number of hydrogen-bond donors (Lipinski definition) is 1. The molecule has 0 aromatic heterocycles. The Morgan fingerprint density at radius 2 is 2.25 bits per heavy atom. The summed E-state index contributed by atoms with van der Waals surface area (Å²) in [5, 5.41) is 10.4. The number of halogens is 1. The first-order valence-corrected chi connectivity index (χ1v) is 6.59. The number of aliphatic hydroxyl groups is 1. The van der Waals surface area contributed by atoms with Crippen molar-refractivity contribution < 1.29 is 9.50 Å². The van der Waals surface area contributed by atoms with Crippen LogP contribution in [0, 0.1) is 12.7 Å². The van der Waals surface area contributed by atoms with Gasteiger partial charge in [-0.2, -0.15) is 11.8 Å². The van der Waals surface area contributed by atoms with Crippen LogP contribution in [-0.2, 0) is 0 Å². The molecule has 2 rings (SSSR count). The van der Waals surface area contributed by atoms with Crippen molar-refractivity contribution in [2.45, 2.75) is 37.5 Å². The summed E-state index contributed by atoms with van der Waals surface area (Å²) in [5.74, 6) is 0.867. The van der Waals surface area contributed by atoms with Crippen LogP contribution in [0.25, 0.3) is 0 Å². The molecule has 0 spiro atoms. The fraction of sp³-hybridized carbons (Fsp3) is 0.538. The minimum atomic E-state index is -0.499. The first-order chi connectivity index (χ1) is 7.53. The van der Waals surface area contributed by atoms with Crippen LogP contribution in [0.2, 0.25) is 0 Å². The Kier molecular flexibility index (Phi) is 3.27. The second-order valence-corrected chi connectivity index (χ2v) is 6.30. The molecular weight excluding hydrogens is 223 g/mol. The molecule has 2 atom stereocenters. The lowest BCUT2D eigenvalue weighted by Gasteiger charge is -2.30. The van der Waals surface area contributed by atoms with Crippen LogP contribution >= 0.6 is 11.8 Å². The maximum absolute atomic E-state index is 13.0. The van der Waals surface area contributed by atoms with Crippen LogP contribution in [0.15, 0.2) is 18.2 Å². The first kappa shape index (κ1) is 11.9. The number of aliphatic hydroxyl groups excluding tert-OH is 1. The molecule has 1 aromatic carbocycles. The molecule has 16 heavy (non-hydrogen) atoms. The molecule has 0 amide bonds. The van der Waals surface area contributed by atoms with E-state index in [1.807, 2.05) is 18.7 Å². The van der Waals surface area contributed by atoms with E-state index in [1.165, 1.54) is 12.1 Å². The van der Waals surface area contributed by atoms with Gasteiger partial charge in [0, 0.05) is 4.75 Å². The van der Waals surface area contributed by atoms with Gasteiger partial charge in [0.05, 0.1) is 6.10 Å². The molecule has 0 bridgehead atoms. The van der Waals surface area contributed by atoms with E-state index in [4.69, 9.17) is 0 Å². The van der Waals surface area contributed by atoms with Crippen LogP contribution in [-0.4, -0.2) is 15.6 Å². The number of hydrogen-bond acceptors (Lipinski definition) is 2. The van der Waals surface area contributed by atoms with Gasteiger partial charge in [0.15, 0.2) is 0 Å². The Morgan fingerprint density at radius 1 is 1.50 bits per heavy atom. The van der Waals surface area contributed by atoms with Crippen LogP contribution in [0.1, 0.15) is 37.0 Å². The van der Waals surface area contributed by atoms with E-state index in [1.54, 1.807) is 6.07 Å². The summed E-state index contributed by atoms with van der Waals surface area (Å²) >= 11 is 1.82. The van der Waals surface area contributed by atoms with Crippen molar-refractivity contribution >= 4 is 11.8 Å². The monoisotopic (exact) mass is 240 g/mol. The normalized spacial score (nSPS) is 27.0. The quantitative estimate of drug-likeness (QED) is 0.854. The Balaban J connectivity index is 2.29. The van der Waals surface area contributed by atoms with Gasteiger partial charge >= 0.3 is 0 Å². The molecule has 3 heteroatoms. The van der Waals surface area contributed by atoms with Gasteiger partial charge in [0.1, 0.15) is 5.82 Å². The van der Waals surface area contributed by atoms with Gasteiger partial charge < -0.3 is 5.11 Å². The fourth-order valence-electron chi connectivity index (χ4n) is 2.29. The van der Waals surface area contributed by atoms with Gasteiger partial charge in [-0.15, -0.1) is 0 Å². The molecular formula is C13H17FOS. The Hall–Kier alpha value is -0.540. The second-order valence-electron chi connectivity index (χ2n) is 4.67. The Morgan fingerprint density at radius 3 is 2.81 bits per heavy atom. The van der Waals surface area contributed by atoms with Gasteiger partial charge in [-0.3, -0.25) is 0 Å². The van der Waals surface area contributed by atoms with Gasteiger partial charge in [-0.25, -0.2) is 4.39 Å². The third kappa shape index (κ3) is 2.11. The summed E-state index contributed by atoms with van der Waals surface area (Å²) in [7, 11) is 0. The summed E-state index contributed by atoms with van der Waals surface area (Å²) in [5.41, 5.74) is 1.69. The Bertz CT molecular complexity index is 386. The minimum absolute atomic E-state index is 0.109. The molecule has 0 radical (unpaired) electrons. The zero-order valence-corrected chi connectivity index (χ0v) is 10.5. The SMILES string of the molecule is Cc1cc(F)ccc1C(O)C1(C)CCCS1. The summed E-state index contributed by atoms with van der Waals surface area (Å²) in [6.07, 6.45) is 1.68. The highest BCUT2D eigenvalue weighted by molar-refractivity contribution is 8.00. The Labute approximate surface area is 100 Å². The molecule has 1 aliphatic rings. The summed E-state index contributed by atoms with van der Waals surface area (Å²) in [6.45, 7) is 3.95. The average molecular weight is 240 g/mol. The molecule has 1 nitrogen and oxygen atoms in total. The van der Waals surface area contributed by atoms with Crippen molar-refractivity contribution in [1.82, 2.24) is 0 Å². The molecule has 1 fully saturated rings. The van der Waals surface area contributed by atoms with E-state index in [0.717, 1.165) is 29.7 Å². The van der Waals surface area contributed by atoms with Crippen molar-refractivity contribution in [2.24, 2.45) is 0 Å². The van der Waals surface area contributed by atoms with Crippen molar-refractivity contribution in [3.05, 3.63) is 35.1 Å². The zero-order valence-electron chi connectivity index (χ0n) is 9.66. The number of thioether (sulfide) groups is 1. The molecule has 1 saturated heterocycles. The van der Waals surface area contributed by atoms with Gasteiger partial charge in [0.2, 0.25) is 0 Å². The number of rotatable bonds is 2. The van der Waals surface area contributed by atoms with Crippen molar-refractivity contribution in [1.29, 1.82) is 0 Å². The van der Waals surface area contributed by atoms with Crippen LogP contribution in [0.5, 0.6) is 0 Å². The molecule has 1 heterocycles. The smallest absolute Gasteiger partial charge is 0.123 e. The van der Waals surface area contributed by atoms with Crippen molar-refractivity contribution in [3.63, 3.8) is 0 Å². The minimum Gasteiger partial charge on any atom is -0.387 e. The van der Waals surface area contributed by atoms with E-state index in [0.29, 0.717) is 0 Å². The standard InChI is InChI=1S/C13H17FOS/c1-9-8-10(14)4-5-11(9)12(15)13(2)6-3-7-16-13/h4-5,8,12,15H,3,6-7H2,1-2H3. The predicted octanol–water partition coefficient (Wildman–Crippen LogP) is 3.45. The highest BCUT2D eigenvalue weighted by Crippen LogP contribution is 2.47. The summed E-state index contributed by atoms with van der Waals surface area (Å²) in [6, 6.07) is 4.62. The fourth-order valence-corrected chi connectivity index (χ4v) is 3.62. The lowest BCUT2D eigenvalue weighted by molar-refractivity contribution is 0.134. The van der Waals surface area contributed by atoms with Gasteiger partial charge in [-0.1, -0.05) is 6.07 Å². The average Bonchev–Trinajstić information content (AvgIpc) is 2.66. The molecule has 2 unspecified atom stereocenters. The topological polar surface area (TPSA) is 20.2 Å². The van der Waals surface area contributed by atoms with E-state index < -0.39 is 6.10 Å². The van der Waals surface area contributed by atoms with Crippen molar-refractivity contribution in [2.75, 3.05) is 5.75 Å². The van der Waals surface area contributed by atoms with Crippen LogP contribution in [0.4, 0.5) is 4.39 Å². The molecule has 1 N–H and O–H groups in total. The molecule has 1 aromatic rings. The lowest BCUT2D eigenvalue weighted by atomic mass is 9.90. The maximum Gasteiger partial charge on any atom is 0.123 e. The van der Waals surface area contributed by atoms with E-state index in [-0.39, 0.29) is 10.6 Å². The molecule has 0 saturated carbocycles. The largest absolute Gasteiger partial charge is 0.387 e.